The van der Waals surface area contributed by atoms with E-state index < -0.39 is 10.1 Å². The Morgan fingerprint density at radius 2 is 1.75 bits per heavy atom. The van der Waals surface area contributed by atoms with E-state index in [1.54, 1.807) is 0 Å². The van der Waals surface area contributed by atoms with Gasteiger partial charge in [-0.25, -0.2) is 0 Å². The predicted octanol–water partition coefficient (Wildman–Crippen LogP) is 1.08. The van der Waals surface area contributed by atoms with Crippen LogP contribution >= 0.6 is 0 Å². The molecule has 0 aliphatic carbocycles. The molecular weight excluding hydrogens is 239 g/mol. The van der Waals surface area contributed by atoms with Crippen molar-refractivity contribution < 1.29 is 17.7 Å². The Bertz CT molecular complexity index is 377. The van der Waals surface area contributed by atoms with Crippen LogP contribution in [0.25, 0.3) is 0 Å². The van der Waals surface area contributed by atoms with E-state index in [-0.39, 0.29) is 35.3 Å². The van der Waals surface area contributed by atoms with Gasteiger partial charge >= 0.3 is 29.6 Å². The van der Waals surface area contributed by atoms with Gasteiger partial charge in [-0.2, -0.15) is 8.42 Å². The fourth-order valence-corrected chi connectivity index (χ4v) is 1.66. The summed E-state index contributed by atoms with van der Waals surface area (Å²) in [5.74, 6) is 0.565. The van der Waals surface area contributed by atoms with E-state index in [0.29, 0.717) is 19.4 Å². The molecule has 0 radical (unpaired) electrons. The minimum atomic E-state index is -3.82. The van der Waals surface area contributed by atoms with Gasteiger partial charge in [0.25, 0.3) is 10.1 Å². The van der Waals surface area contributed by atoms with Gasteiger partial charge in [-0.1, -0.05) is 18.2 Å². The molecule has 6 heteroatoms. The summed E-state index contributed by atoms with van der Waals surface area (Å²) in [5, 5.41) is 0. The zero-order valence-electron chi connectivity index (χ0n) is 8.30. The van der Waals surface area contributed by atoms with E-state index in [1.165, 1.54) is 0 Å². The first kappa shape index (κ1) is 15.9. The molecule has 0 aromatic heterocycles. The van der Waals surface area contributed by atoms with E-state index in [2.05, 4.69) is 0 Å². The summed E-state index contributed by atoms with van der Waals surface area (Å²) in [6.07, 6.45) is 1.01. The number of ether oxygens (including phenoxy) is 1. The van der Waals surface area contributed by atoms with Crippen LogP contribution in [-0.2, 0) is 10.1 Å². The van der Waals surface area contributed by atoms with Gasteiger partial charge in [0, 0.05) is 0 Å². The zero-order valence-corrected chi connectivity index (χ0v) is 9.11. The molecule has 1 rings (SSSR count). The quantitative estimate of drug-likeness (QED) is 0.469. The predicted molar refractivity (Wildman–Crippen MR) is 64.7 cm³/mol. The van der Waals surface area contributed by atoms with E-state index in [1.807, 2.05) is 30.3 Å². The number of unbranched alkanes of at least 4 members (excludes halogenated alkanes) is 1. The van der Waals surface area contributed by atoms with Crippen LogP contribution in [0.4, 0.5) is 0 Å². The molecule has 1 N–H and O–H groups in total. The van der Waals surface area contributed by atoms with Crippen LogP contribution in [0.3, 0.4) is 0 Å². The van der Waals surface area contributed by atoms with Crippen molar-refractivity contribution in [3.8, 4) is 5.75 Å². The second kappa shape index (κ2) is 8.08. The molecular formula is C10H15NaO4S. The molecule has 16 heavy (non-hydrogen) atoms. The monoisotopic (exact) mass is 254 g/mol. The first-order valence-electron chi connectivity index (χ1n) is 4.71. The molecule has 0 saturated heterocycles. The van der Waals surface area contributed by atoms with Crippen LogP contribution in [0.5, 0.6) is 5.75 Å². The van der Waals surface area contributed by atoms with Crippen LogP contribution in [0.1, 0.15) is 12.8 Å². The summed E-state index contributed by atoms with van der Waals surface area (Å²) in [4.78, 5) is 0. The average molecular weight is 254 g/mol. The Balaban J connectivity index is 0.00000225. The fourth-order valence-electron chi connectivity index (χ4n) is 1.09. The van der Waals surface area contributed by atoms with Crippen molar-refractivity contribution in [3.05, 3.63) is 30.3 Å². The van der Waals surface area contributed by atoms with Gasteiger partial charge in [-0.15, -0.1) is 0 Å². The van der Waals surface area contributed by atoms with Crippen molar-refractivity contribution >= 4 is 39.7 Å². The van der Waals surface area contributed by atoms with Gasteiger partial charge in [0.15, 0.2) is 0 Å². The summed E-state index contributed by atoms with van der Waals surface area (Å²) >= 11 is 0. The second-order valence-electron chi connectivity index (χ2n) is 3.15. The van der Waals surface area contributed by atoms with E-state index in [9.17, 15) is 8.42 Å². The average Bonchev–Trinajstić information content (AvgIpc) is 2.17. The van der Waals surface area contributed by atoms with Crippen molar-refractivity contribution in [2.75, 3.05) is 12.4 Å². The third-order valence-electron chi connectivity index (χ3n) is 1.81. The van der Waals surface area contributed by atoms with Crippen LogP contribution < -0.4 is 4.74 Å². The number of rotatable bonds is 6. The standard InChI is InChI=1S/C10H14O4S.Na.H/c11-15(12,13)9-5-4-8-14-10-6-2-1-3-7-10;;/h1-3,6-7H,4-5,8-9H2,(H,11,12,13);;. The van der Waals surface area contributed by atoms with Gasteiger partial charge in [-0.05, 0) is 25.0 Å². The zero-order chi connectivity index (χ0) is 11.1. The first-order chi connectivity index (χ1) is 7.08. The molecule has 0 bridgehead atoms. The molecule has 0 amide bonds. The van der Waals surface area contributed by atoms with Gasteiger partial charge in [0.2, 0.25) is 0 Å². The summed E-state index contributed by atoms with van der Waals surface area (Å²) in [5.41, 5.74) is 0. The summed E-state index contributed by atoms with van der Waals surface area (Å²) < 4.78 is 34.6. The third kappa shape index (κ3) is 8.13. The van der Waals surface area contributed by atoms with Crippen molar-refractivity contribution in [2.24, 2.45) is 0 Å². The Kier molecular flexibility index (Phi) is 8.05. The van der Waals surface area contributed by atoms with Gasteiger partial charge in [0.1, 0.15) is 5.75 Å². The molecule has 0 saturated carbocycles. The Morgan fingerprint density at radius 1 is 1.12 bits per heavy atom. The maximum absolute atomic E-state index is 10.4. The van der Waals surface area contributed by atoms with E-state index >= 15 is 0 Å². The van der Waals surface area contributed by atoms with Gasteiger partial charge < -0.3 is 4.74 Å². The van der Waals surface area contributed by atoms with Crippen LogP contribution in [0.15, 0.2) is 30.3 Å². The fraction of sp³-hybridized carbons (Fsp3) is 0.400. The Morgan fingerprint density at radius 3 is 2.31 bits per heavy atom. The maximum atomic E-state index is 10.4. The molecule has 0 spiro atoms. The molecule has 0 aliphatic heterocycles. The van der Waals surface area contributed by atoms with Crippen LogP contribution in [-0.4, -0.2) is 54.9 Å². The normalized spacial score (nSPS) is 10.6. The number of hydrogen-bond acceptors (Lipinski definition) is 3. The van der Waals surface area contributed by atoms with Crippen molar-refractivity contribution in [1.29, 1.82) is 0 Å². The Hall–Kier alpha value is -0.0700. The molecule has 0 fully saturated rings. The summed E-state index contributed by atoms with van der Waals surface area (Å²) in [7, 11) is -3.82. The minimum absolute atomic E-state index is 0. The molecule has 0 aliphatic rings. The molecule has 1 aromatic rings. The molecule has 0 atom stereocenters. The summed E-state index contributed by atoms with van der Waals surface area (Å²) in [6.45, 7) is 0.458. The van der Waals surface area contributed by atoms with Gasteiger partial charge in [0.05, 0.1) is 12.4 Å². The third-order valence-corrected chi connectivity index (χ3v) is 2.61. The number of benzene rings is 1. The molecule has 0 unspecified atom stereocenters. The number of para-hydroxylation sites is 1. The first-order valence-corrected chi connectivity index (χ1v) is 6.32. The molecule has 86 valence electrons. The Labute approximate surface area is 118 Å². The van der Waals surface area contributed by atoms with Crippen molar-refractivity contribution in [1.82, 2.24) is 0 Å². The molecule has 0 heterocycles. The van der Waals surface area contributed by atoms with Crippen LogP contribution in [0, 0.1) is 0 Å². The summed E-state index contributed by atoms with van der Waals surface area (Å²) in [6, 6.07) is 9.30. The van der Waals surface area contributed by atoms with E-state index in [4.69, 9.17) is 9.29 Å². The second-order valence-corrected chi connectivity index (χ2v) is 4.73. The van der Waals surface area contributed by atoms with Gasteiger partial charge in [-0.3, -0.25) is 4.55 Å². The molecule has 1 aromatic carbocycles. The van der Waals surface area contributed by atoms with Crippen molar-refractivity contribution in [3.63, 3.8) is 0 Å². The topological polar surface area (TPSA) is 63.6 Å². The SMILES string of the molecule is O=S(=O)(O)CCCCOc1ccccc1.[NaH]. The van der Waals surface area contributed by atoms with Crippen LogP contribution in [0.2, 0.25) is 0 Å². The van der Waals surface area contributed by atoms with E-state index in [0.717, 1.165) is 5.75 Å². The molecule has 4 nitrogen and oxygen atoms in total. The van der Waals surface area contributed by atoms with Crippen molar-refractivity contribution in [2.45, 2.75) is 12.8 Å². The number of hydrogen-bond donors (Lipinski definition) is 1.